The largest absolute Gasteiger partial charge is 0.456 e. The van der Waals surface area contributed by atoms with Crippen molar-refractivity contribution in [1.29, 1.82) is 0 Å². The molecule has 2 heterocycles. The minimum Gasteiger partial charge on any atom is -0.456 e. The Balaban J connectivity index is 1.53. The maximum Gasteiger partial charge on any atom is 0.355 e. The molecule has 6 nitrogen and oxygen atoms in total. The molecule has 0 aliphatic heterocycles. The number of aromatic amines is 2. The van der Waals surface area contributed by atoms with Gasteiger partial charge in [-0.3, -0.25) is 0 Å². The Morgan fingerprint density at radius 2 is 0.944 bits per heavy atom. The molecule has 6 heteroatoms. The van der Waals surface area contributed by atoms with E-state index in [2.05, 4.69) is 16.5 Å². The van der Waals surface area contributed by atoms with Gasteiger partial charge in [0.1, 0.15) is 24.6 Å². The number of aromatic nitrogens is 2. The standard InChI is InChI=1S/C30H30N2O4/c1-18-20(3)27(29(33)35-16-23-12-8-6-9-13-23)31-25(18)22(5)26-19(2)21(4)28(32-26)30(34)36-17-24-14-10-7-11-15-24/h6-15,31-32H,5,16-17H2,1-4H3. The normalized spacial score (nSPS) is 10.8. The SMILES string of the molecule is C=C(c1[nH]c(C(=O)OCc2ccccc2)c(C)c1C)c1[nH]c(C(=O)OCc2ccccc2)c(C)c1C. The number of ether oxygens (including phenoxy) is 2. The number of carbonyl (C=O) groups is 2. The Labute approximate surface area is 211 Å². The molecule has 184 valence electrons. The lowest BCUT2D eigenvalue weighted by molar-refractivity contribution is 0.0457. The highest BCUT2D eigenvalue weighted by atomic mass is 16.5. The lowest BCUT2D eigenvalue weighted by Crippen LogP contribution is -2.07. The van der Waals surface area contributed by atoms with E-state index in [1.54, 1.807) is 0 Å². The Morgan fingerprint density at radius 1 is 0.611 bits per heavy atom. The van der Waals surface area contributed by atoms with Crippen LogP contribution >= 0.6 is 0 Å². The first-order chi connectivity index (χ1) is 17.3. The highest BCUT2D eigenvalue weighted by Crippen LogP contribution is 2.31. The Bertz CT molecular complexity index is 1300. The minimum absolute atomic E-state index is 0.191. The number of hydrogen-bond donors (Lipinski definition) is 2. The van der Waals surface area contributed by atoms with Crippen molar-refractivity contribution >= 4 is 17.5 Å². The molecule has 0 aliphatic carbocycles. The molecule has 0 atom stereocenters. The van der Waals surface area contributed by atoms with Crippen LogP contribution in [0.4, 0.5) is 0 Å². The maximum atomic E-state index is 12.8. The second kappa shape index (κ2) is 10.5. The third-order valence-corrected chi connectivity index (χ3v) is 6.56. The summed E-state index contributed by atoms with van der Waals surface area (Å²) in [5, 5.41) is 0. The monoisotopic (exact) mass is 482 g/mol. The van der Waals surface area contributed by atoms with E-state index >= 15 is 0 Å². The summed E-state index contributed by atoms with van der Waals surface area (Å²) in [6, 6.07) is 19.1. The van der Waals surface area contributed by atoms with Crippen molar-refractivity contribution in [2.24, 2.45) is 0 Å². The predicted octanol–water partition coefficient (Wildman–Crippen LogP) is 6.35. The van der Waals surface area contributed by atoms with E-state index in [0.717, 1.165) is 33.4 Å². The molecule has 0 saturated carbocycles. The van der Waals surface area contributed by atoms with Gasteiger partial charge in [0.2, 0.25) is 0 Å². The van der Waals surface area contributed by atoms with Gasteiger partial charge in [0.05, 0.1) is 11.4 Å². The second-order valence-electron chi connectivity index (χ2n) is 8.85. The van der Waals surface area contributed by atoms with Crippen LogP contribution < -0.4 is 0 Å². The summed E-state index contributed by atoms with van der Waals surface area (Å²) in [5.41, 5.74) is 8.09. The van der Waals surface area contributed by atoms with Crippen LogP contribution in [-0.2, 0) is 22.7 Å². The van der Waals surface area contributed by atoms with Crippen molar-refractivity contribution in [3.63, 3.8) is 0 Å². The number of rotatable bonds is 8. The first-order valence-corrected chi connectivity index (χ1v) is 11.8. The quantitative estimate of drug-likeness (QED) is 0.287. The molecular formula is C30H30N2O4. The topological polar surface area (TPSA) is 84.2 Å². The van der Waals surface area contributed by atoms with Gasteiger partial charge in [-0.05, 0) is 61.1 Å². The third-order valence-electron chi connectivity index (χ3n) is 6.56. The summed E-state index contributed by atoms with van der Waals surface area (Å²) in [5.74, 6) is -0.855. The fraction of sp³-hybridized carbons (Fsp3) is 0.200. The molecule has 0 saturated heterocycles. The first-order valence-electron chi connectivity index (χ1n) is 11.8. The molecule has 36 heavy (non-hydrogen) atoms. The molecule has 2 aromatic carbocycles. The average Bonchev–Trinajstić information content (AvgIpc) is 3.37. The molecule has 4 aromatic rings. The van der Waals surface area contributed by atoms with E-state index in [0.29, 0.717) is 28.3 Å². The number of esters is 2. The zero-order valence-electron chi connectivity index (χ0n) is 21.0. The van der Waals surface area contributed by atoms with E-state index in [1.165, 1.54) is 0 Å². The average molecular weight is 483 g/mol. The molecule has 0 aliphatic rings. The number of carbonyl (C=O) groups excluding carboxylic acids is 2. The zero-order chi connectivity index (χ0) is 25.8. The first kappa shape index (κ1) is 24.8. The molecule has 0 radical (unpaired) electrons. The van der Waals surface area contributed by atoms with Crippen LogP contribution in [0.15, 0.2) is 67.2 Å². The summed E-state index contributed by atoms with van der Waals surface area (Å²) < 4.78 is 11.0. The number of benzene rings is 2. The minimum atomic E-state index is -0.428. The van der Waals surface area contributed by atoms with Crippen molar-refractivity contribution in [2.75, 3.05) is 0 Å². The van der Waals surface area contributed by atoms with Gasteiger partial charge in [-0.25, -0.2) is 9.59 Å². The Hall–Kier alpha value is -4.32. The fourth-order valence-electron chi connectivity index (χ4n) is 4.10. The van der Waals surface area contributed by atoms with Crippen LogP contribution in [0.2, 0.25) is 0 Å². The van der Waals surface area contributed by atoms with Gasteiger partial charge in [0, 0.05) is 5.57 Å². The highest BCUT2D eigenvalue weighted by molar-refractivity contribution is 5.94. The second-order valence-corrected chi connectivity index (χ2v) is 8.85. The third kappa shape index (κ3) is 5.03. The molecule has 0 unspecified atom stereocenters. The Kier molecular flexibility index (Phi) is 7.25. The van der Waals surface area contributed by atoms with Crippen LogP contribution in [0.5, 0.6) is 0 Å². The van der Waals surface area contributed by atoms with Crippen LogP contribution in [0.3, 0.4) is 0 Å². The van der Waals surface area contributed by atoms with Crippen molar-refractivity contribution < 1.29 is 19.1 Å². The van der Waals surface area contributed by atoms with Gasteiger partial charge in [0.15, 0.2) is 0 Å². The lowest BCUT2D eigenvalue weighted by Gasteiger charge is -2.06. The molecule has 2 N–H and O–H groups in total. The molecule has 0 amide bonds. The lowest BCUT2D eigenvalue weighted by atomic mass is 10.0. The van der Waals surface area contributed by atoms with Gasteiger partial charge in [-0.1, -0.05) is 67.2 Å². The van der Waals surface area contributed by atoms with E-state index in [4.69, 9.17) is 9.47 Å². The number of H-pyrrole nitrogens is 2. The van der Waals surface area contributed by atoms with Crippen molar-refractivity contribution in [1.82, 2.24) is 9.97 Å². The van der Waals surface area contributed by atoms with Gasteiger partial charge < -0.3 is 19.4 Å². The van der Waals surface area contributed by atoms with Crippen molar-refractivity contribution in [3.8, 4) is 0 Å². The van der Waals surface area contributed by atoms with Crippen molar-refractivity contribution in [3.05, 3.63) is 123 Å². The van der Waals surface area contributed by atoms with Crippen LogP contribution in [0.1, 0.15) is 65.7 Å². The molecule has 2 aromatic heterocycles. The van der Waals surface area contributed by atoms with E-state index in [9.17, 15) is 9.59 Å². The molecule has 0 fully saturated rings. The summed E-state index contributed by atoms with van der Waals surface area (Å²) in [4.78, 5) is 32.0. The smallest absolute Gasteiger partial charge is 0.355 e. The van der Waals surface area contributed by atoms with Gasteiger partial charge in [-0.15, -0.1) is 0 Å². The van der Waals surface area contributed by atoms with Crippen LogP contribution in [0.25, 0.3) is 5.57 Å². The van der Waals surface area contributed by atoms with E-state index in [-0.39, 0.29) is 13.2 Å². The predicted molar refractivity (Wildman–Crippen MR) is 140 cm³/mol. The van der Waals surface area contributed by atoms with E-state index < -0.39 is 11.9 Å². The van der Waals surface area contributed by atoms with Gasteiger partial charge >= 0.3 is 11.9 Å². The highest BCUT2D eigenvalue weighted by Gasteiger charge is 2.24. The zero-order valence-corrected chi connectivity index (χ0v) is 21.0. The van der Waals surface area contributed by atoms with Gasteiger partial charge in [0.25, 0.3) is 0 Å². The summed E-state index contributed by atoms with van der Waals surface area (Å²) >= 11 is 0. The number of nitrogens with one attached hydrogen (secondary N) is 2. The van der Waals surface area contributed by atoms with Crippen molar-refractivity contribution in [2.45, 2.75) is 40.9 Å². The molecule has 0 bridgehead atoms. The molecular weight excluding hydrogens is 452 g/mol. The fourth-order valence-corrected chi connectivity index (χ4v) is 4.10. The Morgan fingerprint density at radius 3 is 1.31 bits per heavy atom. The van der Waals surface area contributed by atoms with E-state index in [1.807, 2.05) is 88.4 Å². The van der Waals surface area contributed by atoms with Crippen LogP contribution in [0, 0.1) is 27.7 Å². The molecule has 4 rings (SSSR count). The van der Waals surface area contributed by atoms with Gasteiger partial charge in [-0.2, -0.15) is 0 Å². The summed E-state index contributed by atoms with van der Waals surface area (Å²) in [7, 11) is 0. The summed E-state index contributed by atoms with van der Waals surface area (Å²) in [6.45, 7) is 12.3. The molecule has 0 spiro atoms. The summed E-state index contributed by atoms with van der Waals surface area (Å²) in [6.07, 6.45) is 0. The number of hydrogen-bond acceptors (Lipinski definition) is 4. The van der Waals surface area contributed by atoms with Crippen LogP contribution in [-0.4, -0.2) is 21.9 Å². The maximum absolute atomic E-state index is 12.8.